The fourth-order valence-corrected chi connectivity index (χ4v) is 2.54. The molecule has 1 aromatic heterocycles. The highest BCUT2D eigenvalue weighted by Crippen LogP contribution is 2.40. The number of imidazole rings is 1. The second-order valence-electron chi connectivity index (χ2n) is 5.41. The molecule has 10 heteroatoms. The summed E-state index contributed by atoms with van der Waals surface area (Å²) in [6.07, 6.45) is -1.55. The second-order valence-corrected chi connectivity index (χ2v) is 5.41. The SMILES string of the molecule is Cl.Cn1ccnc1C(O)(CCNC(=O)C1CCCN1)C(F)(F)F. The van der Waals surface area contributed by atoms with E-state index in [-0.39, 0.29) is 30.9 Å². The minimum Gasteiger partial charge on any atom is -0.374 e. The van der Waals surface area contributed by atoms with E-state index in [1.165, 1.54) is 19.4 Å². The Morgan fingerprint density at radius 1 is 1.57 bits per heavy atom. The van der Waals surface area contributed by atoms with Crippen molar-refractivity contribution in [3.63, 3.8) is 0 Å². The van der Waals surface area contributed by atoms with Crippen LogP contribution in [0.3, 0.4) is 0 Å². The first-order valence-corrected chi connectivity index (χ1v) is 7.04. The molecule has 3 N–H and O–H groups in total. The topological polar surface area (TPSA) is 79.2 Å². The number of aliphatic hydroxyl groups is 1. The Morgan fingerprint density at radius 2 is 2.26 bits per heavy atom. The van der Waals surface area contributed by atoms with Crippen molar-refractivity contribution in [3.05, 3.63) is 18.2 Å². The zero-order valence-electron chi connectivity index (χ0n) is 12.6. The first kappa shape index (κ1) is 19.7. The molecule has 132 valence electrons. The molecule has 0 bridgehead atoms. The molecule has 2 atom stereocenters. The van der Waals surface area contributed by atoms with Crippen molar-refractivity contribution in [2.45, 2.75) is 37.1 Å². The molecule has 1 aliphatic rings. The van der Waals surface area contributed by atoms with Crippen LogP contribution >= 0.6 is 12.4 Å². The average Bonchev–Trinajstić information content (AvgIpc) is 3.07. The van der Waals surface area contributed by atoms with Crippen molar-refractivity contribution in [1.82, 2.24) is 20.2 Å². The van der Waals surface area contributed by atoms with Crippen LogP contribution in [0.5, 0.6) is 0 Å². The normalized spacial score (nSPS) is 20.7. The molecule has 0 aromatic carbocycles. The lowest BCUT2D eigenvalue weighted by molar-refractivity contribution is -0.272. The highest BCUT2D eigenvalue weighted by molar-refractivity contribution is 5.85. The lowest BCUT2D eigenvalue weighted by Crippen LogP contribution is -2.48. The zero-order valence-corrected chi connectivity index (χ0v) is 13.4. The summed E-state index contributed by atoms with van der Waals surface area (Å²) >= 11 is 0. The van der Waals surface area contributed by atoms with Crippen LogP contribution in [0.2, 0.25) is 0 Å². The van der Waals surface area contributed by atoms with Crippen LogP contribution in [0.1, 0.15) is 25.1 Å². The number of rotatable bonds is 5. The largest absolute Gasteiger partial charge is 0.424 e. The number of nitrogens with one attached hydrogen (secondary N) is 2. The quantitative estimate of drug-likeness (QED) is 0.731. The number of nitrogens with zero attached hydrogens (tertiary/aromatic N) is 2. The van der Waals surface area contributed by atoms with Crippen LogP contribution in [0, 0.1) is 0 Å². The number of halogens is 4. The predicted molar refractivity (Wildman–Crippen MR) is 79.1 cm³/mol. The fraction of sp³-hybridized carbons (Fsp3) is 0.692. The van der Waals surface area contributed by atoms with Gasteiger partial charge in [-0.25, -0.2) is 4.98 Å². The van der Waals surface area contributed by atoms with E-state index in [9.17, 15) is 23.1 Å². The van der Waals surface area contributed by atoms with E-state index < -0.39 is 24.0 Å². The third-order valence-electron chi connectivity index (χ3n) is 3.82. The molecule has 1 aliphatic heterocycles. The van der Waals surface area contributed by atoms with E-state index in [0.717, 1.165) is 17.5 Å². The van der Waals surface area contributed by atoms with Crippen molar-refractivity contribution in [2.75, 3.05) is 13.1 Å². The number of carbonyl (C=O) groups is 1. The highest BCUT2D eigenvalue weighted by Gasteiger charge is 2.57. The Bertz CT molecular complexity index is 532. The average molecular weight is 357 g/mol. The van der Waals surface area contributed by atoms with Crippen LogP contribution in [-0.4, -0.2) is 45.9 Å². The van der Waals surface area contributed by atoms with Crippen molar-refractivity contribution in [3.8, 4) is 0 Å². The van der Waals surface area contributed by atoms with Crippen molar-refractivity contribution in [1.29, 1.82) is 0 Å². The molecule has 2 heterocycles. The molecule has 0 radical (unpaired) electrons. The first-order chi connectivity index (χ1) is 10.3. The maximum absolute atomic E-state index is 13.2. The molecular weight excluding hydrogens is 337 g/mol. The van der Waals surface area contributed by atoms with E-state index >= 15 is 0 Å². The smallest absolute Gasteiger partial charge is 0.374 e. The monoisotopic (exact) mass is 356 g/mol. The van der Waals surface area contributed by atoms with Crippen molar-refractivity contribution < 1.29 is 23.1 Å². The molecule has 23 heavy (non-hydrogen) atoms. The van der Waals surface area contributed by atoms with E-state index in [2.05, 4.69) is 15.6 Å². The lowest BCUT2D eigenvalue weighted by atomic mass is 9.97. The Hall–Kier alpha value is -1.32. The van der Waals surface area contributed by atoms with Gasteiger partial charge in [-0.15, -0.1) is 12.4 Å². The van der Waals surface area contributed by atoms with Gasteiger partial charge in [0.2, 0.25) is 11.5 Å². The van der Waals surface area contributed by atoms with E-state index in [1.807, 2.05) is 0 Å². The van der Waals surface area contributed by atoms with Gasteiger partial charge in [-0.05, 0) is 19.4 Å². The molecule has 6 nitrogen and oxygen atoms in total. The van der Waals surface area contributed by atoms with Gasteiger partial charge in [-0.1, -0.05) is 0 Å². The molecule has 1 fully saturated rings. The minimum absolute atomic E-state index is 0. The summed E-state index contributed by atoms with van der Waals surface area (Å²) < 4.78 is 40.9. The zero-order chi connectivity index (χ0) is 16.4. The Balaban J connectivity index is 0.00000264. The molecule has 1 aromatic rings. The minimum atomic E-state index is -4.89. The first-order valence-electron chi connectivity index (χ1n) is 7.04. The number of alkyl halides is 3. The number of aromatic nitrogens is 2. The molecule has 1 amide bonds. The van der Waals surface area contributed by atoms with E-state index in [0.29, 0.717) is 6.42 Å². The summed E-state index contributed by atoms with van der Waals surface area (Å²) in [6, 6.07) is -0.368. The number of carbonyl (C=O) groups excluding carboxylic acids is 1. The van der Waals surface area contributed by atoms with E-state index in [4.69, 9.17) is 0 Å². The Labute approximate surface area is 137 Å². The highest BCUT2D eigenvalue weighted by atomic mass is 35.5. The van der Waals surface area contributed by atoms with Gasteiger partial charge in [0.1, 0.15) is 5.82 Å². The third-order valence-corrected chi connectivity index (χ3v) is 3.82. The number of aryl methyl sites for hydroxylation is 1. The van der Waals surface area contributed by atoms with Gasteiger partial charge in [0.15, 0.2) is 0 Å². The molecular formula is C13H20ClF3N4O2. The summed E-state index contributed by atoms with van der Waals surface area (Å²) in [7, 11) is 1.38. The van der Waals surface area contributed by atoms with Crippen molar-refractivity contribution in [2.24, 2.45) is 7.05 Å². The van der Waals surface area contributed by atoms with Gasteiger partial charge in [-0.3, -0.25) is 4.79 Å². The maximum atomic E-state index is 13.2. The van der Waals surface area contributed by atoms with Crippen LogP contribution in [0.25, 0.3) is 0 Å². The van der Waals surface area contributed by atoms with Crippen LogP contribution in [-0.2, 0) is 17.4 Å². The number of hydrogen-bond acceptors (Lipinski definition) is 4. The van der Waals surface area contributed by atoms with Gasteiger partial charge in [0.05, 0.1) is 6.04 Å². The second kappa shape index (κ2) is 7.50. The summed E-state index contributed by atoms with van der Waals surface area (Å²) in [5.41, 5.74) is -3.10. The van der Waals surface area contributed by atoms with Crippen molar-refractivity contribution >= 4 is 18.3 Å². The molecule has 2 unspecified atom stereocenters. The summed E-state index contributed by atoms with van der Waals surface area (Å²) in [5, 5.41) is 15.5. The number of hydrogen-bond donors (Lipinski definition) is 3. The third kappa shape index (κ3) is 4.15. The maximum Gasteiger partial charge on any atom is 0.424 e. The molecule has 0 spiro atoms. The molecule has 2 rings (SSSR count). The molecule has 1 saturated heterocycles. The summed E-state index contributed by atoms with van der Waals surface area (Å²) in [6.45, 7) is 0.428. The van der Waals surface area contributed by atoms with E-state index in [1.54, 1.807) is 0 Å². The molecule has 0 aliphatic carbocycles. The van der Waals surface area contributed by atoms with Gasteiger partial charge in [-0.2, -0.15) is 13.2 Å². The predicted octanol–water partition coefficient (Wildman–Crippen LogP) is 0.850. The lowest BCUT2D eigenvalue weighted by Gasteiger charge is -2.30. The van der Waals surface area contributed by atoms with Gasteiger partial charge in [0.25, 0.3) is 0 Å². The van der Waals surface area contributed by atoms with Gasteiger partial charge in [0, 0.05) is 32.4 Å². The summed E-state index contributed by atoms with van der Waals surface area (Å²) in [5.74, 6) is -0.838. The van der Waals surface area contributed by atoms with Gasteiger partial charge >= 0.3 is 6.18 Å². The van der Waals surface area contributed by atoms with Crippen LogP contribution in [0.4, 0.5) is 13.2 Å². The van der Waals surface area contributed by atoms with Crippen LogP contribution in [0.15, 0.2) is 12.4 Å². The summed E-state index contributed by atoms with van der Waals surface area (Å²) in [4.78, 5) is 15.4. The Morgan fingerprint density at radius 3 is 2.74 bits per heavy atom. The molecule has 0 saturated carbocycles. The number of amides is 1. The standard InChI is InChI=1S/C13H19F3N4O2.ClH/c1-20-8-7-19-11(20)12(22,13(14,15)16)4-6-18-10(21)9-3-2-5-17-9;/h7-9,17,22H,2-6H2,1H3,(H,18,21);1H. The fourth-order valence-electron chi connectivity index (χ4n) is 2.54. The van der Waals surface area contributed by atoms with Crippen LogP contribution < -0.4 is 10.6 Å². The Kier molecular flexibility index (Phi) is 6.43. The van der Waals surface area contributed by atoms with Gasteiger partial charge < -0.3 is 20.3 Å².